The zero-order valence-electron chi connectivity index (χ0n) is 11.7. The lowest BCUT2D eigenvalue weighted by molar-refractivity contribution is -0.119. The summed E-state index contributed by atoms with van der Waals surface area (Å²) in [6.07, 6.45) is 5.12. The zero-order chi connectivity index (χ0) is 14.6. The lowest BCUT2D eigenvalue weighted by Crippen LogP contribution is -2.45. The Morgan fingerprint density at radius 1 is 1.25 bits per heavy atom. The summed E-state index contributed by atoms with van der Waals surface area (Å²) in [4.78, 5) is 12.0. The summed E-state index contributed by atoms with van der Waals surface area (Å²) in [5.74, 6) is 1.26. The highest BCUT2D eigenvalue weighted by Crippen LogP contribution is 2.25. The Balaban J connectivity index is 1.72. The molecule has 20 heavy (non-hydrogen) atoms. The summed E-state index contributed by atoms with van der Waals surface area (Å²) < 4.78 is 22.7. The van der Waals surface area contributed by atoms with Gasteiger partial charge in [0.25, 0.3) is 0 Å². The molecule has 0 radical (unpaired) electrons. The Kier molecular flexibility index (Phi) is 5.74. The van der Waals surface area contributed by atoms with Crippen molar-refractivity contribution in [1.82, 2.24) is 5.32 Å². The third kappa shape index (κ3) is 4.63. The monoisotopic (exact) mass is 320 g/mol. The highest BCUT2D eigenvalue weighted by molar-refractivity contribution is 8.02. The molecule has 1 heterocycles. The van der Waals surface area contributed by atoms with E-state index in [4.69, 9.17) is 5.73 Å². The van der Waals surface area contributed by atoms with E-state index in [1.54, 1.807) is 0 Å². The Labute approximate surface area is 125 Å². The predicted octanol–water partition coefficient (Wildman–Crippen LogP) is 0.540. The van der Waals surface area contributed by atoms with Crippen LogP contribution in [0.5, 0.6) is 0 Å². The van der Waals surface area contributed by atoms with Crippen molar-refractivity contribution < 1.29 is 13.2 Å². The summed E-state index contributed by atoms with van der Waals surface area (Å²) in [5.41, 5.74) is 5.75. The summed E-state index contributed by atoms with van der Waals surface area (Å²) >= 11 is 1.47. The normalized spacial score (nSPS) is 33.0. The van der Waals surface area contributed by atoms with E-state index in [2.05, 4.69) is 5.32 Å². The summed E-state index contributed by atoms with van der Waals surface area (Å²) in [5, 5.41) is 3.16. The molecule has 5 nitrogen and oxygen atoms in total. The van der Waals surface area contributed by atoms with Crippen molar-refractivity contribution in [2.75, 3.05) is 23.8 Å². The van der Waals surface area contributed by atoms with Gasteiger partial charge in [-0.3, -0.25) is 4.79 Å². The Morgan fingerprint density at radius 2 is 2.00 bits per heavy atom. The van der Waals surface area contributed by atoms with Crippen LogP contribution in [0.1, 0.15) is 32.1 Å². The molecule has 0 aromatic rings. The number of carbonyl (C=O) groups is 1. The number of hydrogen-bond donors (Lipinski definition) is 2. The number of hydrogen-bond acceptors (Lipinski definition) is 5. The topological polar surface area (TPSA) is 89.3 Å². The van der Waals surface area contributed by atoms with Crippen LogP contribution in [0.3, 0.4) is 0 Å². The fourth-order valence-electron chi connectivity index (χ4n) is 3.01. The quantitative estimate of drug-likeness (QED) is 0.772. The average Bonchev–Trinajstić information content (AvgIpc) is 2.77. The van der Waals surface area contributed by atoms with Crippen LogP contribution in [-0.2, 0) is 14.6 Å². The van der Waals surface area contributed by atoms with Crippen molar-refractivity contribution in [3.8, 4) is 0 Å². The van der Waals surface area contributed by atoms with Gasteiger partial charge >= 0.3 is 0 Å². The minimum Gasteiger partial charge on any atom is -0.352 e. The van der Waals surface area contributed by atoms with E-state index in [1.807, 2.05) is 0 Å². The van der Waals surface area contributed by atoms with Gasteiger partial charge in [-0.2, -0.15) is 0 Å². The van der Waals surface area contributed by atoms with E-state index in [9.17, 15) is 13.2 Å². The molecule has 7 heteroatoms. The third-order valence-corrected chi connectivity index (χ3v) is 7.48. The van der Waals surface area contributed by atoms with E-state index >= 15 is 0 Å². The van der Waals surface area contributed by atoms with E-state index < -0.39 is 9.84 Å². The first-order valence-electron chi connectivity index (χ1n) is 7.31. The molecule has 3 N–H and O–H groups in total. The second kappa shape index (κ2) is 7.13. The number of sulfone groups is 1. The summed E-state index contributed by atoms with van der Waals surface area (Å²) in [7, 11) is -2.85. The van der Waals surface area contributed by atoms with E-state index in [0.717, 1.165) is 19.3 Å². The molecule has 1 aliphatic carbocycles. The van der Waals surface area contributed by atoms with Crippen LogP contribution in [0.2, 0.25) is 0 Å². The molecule has 3 atom stereocenters. The lowest BCUT2D eigenvalue weighted by Gasteiger charge is -2.31. The number of nitrogens with one attached hydrogen (secondary N) is 1. The van der Waals surface area contributed by atoms with E-state index in [0.29, 0.717) is 24.6 Å². The summed E-state index contributed by atoms with van der Waals surface area (Å²) in [6.45, 7) is 0.624. The van der Waals surface area contributed by atoms with Gasteiger partial charge < -0.3 is 11.1 Å². The molecule has 1 saturated carbocycles. The van der Waals surface area contributed by atoms with Crippen molar-refractivity contribution >= 4 is 27.5 Å². The van der Waals surface area contributed by atoms with Crippen molar-refractivity contribution in [3.63, 3.8) is 0 Å². The maximum atomic E-state index is 12.0. The largest absolute Gasteiger partial charge is 0.352 e. The minimum absolute atomic E-state index is 0.0182. The molecule has 1 aliphatic heterocycles. The molecule has 1 saturated heterocycles. The van der Waals surface area contributed by atoms with Crippen LogP contribution >= 0.6 is 11.8 Å². The van der Waals surface area contributed by atoms with Gasteiger partial charge in [-0.15, -0.1) is 11.8 Å². The van der Waals surface area contributed by atoms with Crippen LogP contribution in [0.25, 0.3) is 0 Å². The van der Waals surface area contributed by atoms with Crippen molar-refractivity contribution in [3.05, 3.63) is 0 Å². The molecule has 3 unspecified atom stereocenters. The van der Waals surface area contributed by atoms with Crippen molar-refractivity contribution in [1.29, 1.82) is 0 Å². The second-order valence-corrected chi connectivity index (χ2v) is 9.31. The molecular formula is C13H24N2O3S2. The fourth-order valence-corrected chi connectivity index (χ4v) is 6.47. The lowest BCUT2D eigenvalue weighted by atomic mass is 9.84. The standard InChI is InChI=1S/C13H24N2O3S2/c14-7-10-3-1-2-4-12(10)15-13(16)8-19-11-5-6-20(17,18)9-11/h10-12H,1-9,14H2,(H,15,16). The molecule has 0 bridgehead atoms. The SMILES string of the molecule is NCC1CCCCC1NC(=O)CSC1CCS(=O)(=O)C1. The Morgan fingerprint density at radius 3 is 2.65 bits per heavy atom. The smallest absolute Gasteiger partial charge is 0.230 e. The van der Waals surface area contributed by atoms with Gasteiger partial charge in [-0.1, -0.05) is 12.8 Å². The van der Waals surface area contributed by atoms with Gasteiger partial charge in [0.1, 0.15) is 0 Å². The van der Waals surface area contributed by atoms with Gasteiger partial charge in [-0.25, -0.2) is 8.42 Å². The first kappa shape index (κ1) is 16.1. The number of carbonyl (C=O) groups excluding carboxylic acids is 1. The molecule has 0 spiro atoms. The second-order valence-electron chi connectivity index (χ2n) is 5.79. The van der Waals surface area contributed by atoms with Gasteiger partial charge in [0, 0.05) is 11.3 Å². The minimum atomic E-state index is -2.85. The first-order chi connectivity index (χ1) is 9.50. The third-order valence-electron chi connectivity index (χ3n) is 4.20. The van der Waals surface area contributed by atoms with Gasteiger partial charge in [0.15, 0.2) is 9.84 Å². The molecule has 2 aliphatic rings. The maximum Gasteiger partial charge on any atom is 0.230 e. The van der Waals surface area contributed by atoms with Crippen LogP contribution in [-0.4, -0.2) is 49.4 Å². The molecule has 2 rings (SSSR count). The maximum absolute atomic E-state index is 12.0. The Bertz CT molecular complexity index is 439. The Hall–Kier alpha value is -0.270. The molecule has 2 fully saturated rings. The number of amides is 1. The van der Waals surface area contributed by atoms with Gasteiger partial charge in [-0.05, 0) is 31.7 Å². The summed E-state index contributed by atoms with van der Waals surface area (Å²) in [6, 6.07) is 0.203. The van der Waals surface area contributed by atoms with Crippen LogP contribution in [0.15, 0.2) is 0 Å². The first-order valence-corrected chi connectivity index (χ1v) is 10.2. The zero-order valence-corrected chi connectivity index (χ0v) is 13.3. The van der Waals surface area contributed by atoms with E-state index in [-0.39, 0.29) is 28.7 Å². The molecule has 116 valence electrons. The van der Waals surface area contributed by atoms with Crippen LogP contribution in [0, 0.1) is 5.92 Å². The number of nitrogens with two attached hydrogens (primary N) is 1. The van der Waals surface area contributed by atoms with E-state index in [1.165, 1.54) is 18.2 Å². The van der Waals surface area contributed by atoms with Crippen LogP contribution < -0.4 is 11.1 Å². The van der Waals surface area contributed by atoms with Gasteiger partial charge in [0.2, 0.25) is 5.91 Å². The molecule has 0 aromatic carbocycles. The highest BCUT2D eigenvalue weighted by atomic mass is 32.2. The number of thioether (sulfide) groups is 1. The number of rotatable bonds is 5. The van der Waals surface area contributed by atoms with Crippen molar-refractivity contribution in [2.45, 2.75) is 43.4 Å². The fraction of sp³-hybridized carbons (Fsp3) is 0.923. The van der Waals surface area contributed by atoms with Gasteiger partial charge in [0.05, 0.1) is 17.3 Å². The predicted molar refractivity (Wildman–Crippen MR) is 82.5 cm³/mol. The molecule has 1 amide bonds. The molecular weight excluding hydrogens is 296 g/mol. The average molecular weight is 320 g/mol. The molecule has 0 aromatic heterocycles. The van der Waals surface area contributed by atoms with Crippen LogP contribution in [0.4, 0.5) is 0 Å². The van der Waals surface area contributed by atoms with Crippen molar-refractivity contribution in [2.24, 2.45) is 11.7 Å². The highest BCUT2D eigenvalue weighted by Gasteiger charge is 2.29.